The predicted molar refractivity (Wildman–Crippen MR) is 74.2 cm³/mol. The first-order valence-corrected chi connectivity index (χ1v) is 5.52. The normalized spacial score (nSPS) is 8.72. The number of aliphatic carboxylic acids is 2. The van der Waals surface area contributed by atoms with Crippen LogP contribution in [-0.4, -0.2) is 86.1 Å². The zero-order chi connectivity index (χ0) is 19.4. The molecule has 0 aromatic carbocycles. The van der Waals surface area contributed by atoms with Crippen molar-refractivity contribution in [3.05, 3.63) is 0 Å². The van der Waals surface area contributed by atoms with Crippen molar-refractivity contribution in [1.29, 1.82) is 0 Å². The average molecular weight is 390 g/mol. The molecule has 0 aliphatic heterocycles. The summed E-state index contributed by atoms with van der Waals surface area (Å²) in [5.74, 6) is -3.43. The second kappa shape index (κ2) is 13.7. The minimum Gasteiger partial charge on any atom is -0.546 e. The van der Waals surface area contributed by atoms with Gasteiger partial charge in [0.2, 0.25) is 0 Å². The molecule has 0 spiro atoms. The Balaban J connectivity index is -0.000000372. The van der Waals surface area contributed by atoms with Crippen LogP contribution in [0, 0.1) is 0 Å². The summed E-state index contributed by atoms with van der Waals surface area (Å²) in [6, 6.07) is -4.45. The van der Waals surface area contributed by atoms with Gasteiger partial charge in [-0.3, -0.25) is 0 Å². The van der Waals surface area contributed by atoms with Crippen LogP contribution < -0.4 is 54.4 Å². The number of primary amides is 4. The Labute approximate surface area is 169 Å². The standard InChI is InChI=1S/2C4H8N4O4.Ca/c2*5-3(11)7-1(2(9)10)8-4(6)12;/h2*1H,(H,9,10)(H3,5,7,11)(H3,6,8,12);/q;;+2/p-2. The van der Waals surface area contributed by atoms with Crippen LogP contribution in [0.5, 0.6) is 0 Å². The fourth-order valence-electron chi connectivity index (χ4n) is 0.877. The molecular formula is C8H14CaN8O8. The van der Waals surface area contributed by atoms with E-state index >= 15 is 0 Å². The molecule has 0 aliphatic rings. The van der Waals surface area contributed by atoms with Crippen molar-refractivity contribution in [3.63, 3.8) is 0 Å². The van der Waals surface area contributed by atoms with Gasteiger partial charge in [-0.2, -0.15) is 0 Å². The molecule has 0 atom stereocenters. The third-order valence-corrected chi connectivity index (χ3v) is 1.62. The molecule has 0 heterocycles. The molecule has 0 aliphatic carbocycles. The average Bonchev–Trinajstić information content (AvgIpc) is 2.35. The quantitative estimate of drug-likeness (QED) is 0.159. The Morgan fingerprint density at radius 3 is 0.800 bits per heavy atom. The van der Waals surface area contributed by atoms with Crippen LogP contribution in [0.15, 0.2) is 0 Å². The number of carboxylic acid groups (broad SMARTS) is 2. The Kier molecular flexibility index (Phi) is 14.9. The molecule has 25 heavy (non-hydrogen) atoms. The Bertz CT molecular complexity index is 450. The van der Waals surface area contributed by atoms with Crippen molar-refractivity contribution >= 4 is 73.8 Å². The first kappa shape index (κ1) is 27.1. The number of urea groups is 4. The monoisotopic (exact) mass is 390 g/mol. The van der Waals surface area contributed by atoms with Gasteiger partial charge in [0.15, 0.2) is 0 Å². The molecule has 12 N–H and O–H groups in total. The second-order valence-electron chi connectivity index (χ2n) is 3.54. The fourth-order valence-corrected chi connectivity index (χ4v) is 0.877. The van der Waals surface area contributed by atoms with Crippen LogP contribution in [0.25, 0.3) is 0 Å². The van der Waals surface area contributed by atoms with Crippen LogP contribution in [-0.2, 0) is 9.59 Å². The Morgan fingerprint density at radius 1 is 0.560 bits per heavy atom. The number of amides is 8. The number of carbonyl (C=O) groups excluding carboxylic acids is 6. The number of carboxylic acids is 2. The summed E-state index contributed by atoms with van der Waals surface area (Å²) >= 11 is 0. The summed E-state index contributed by atoms with van der Waals surface area (Å²) in [6.45, 7) is 0. The summed E-state index contributed by atoms with van der Waals surface area (Å²) < 4.78 is 0. The van der Waals surface area contributed by atoms with Crippen LogP contribution in [0.1, 0.15) is 0 Å². The zero-order valence-corrected chi connectivity index (χ0v) is 14.6. The maximum absolute atomic E-state index is 10.1. The van der Waals surface area contributed by atoms with Gasteiger partial charge in [0.25, 0.3) is 0 Å². The third kappa shape index (κ3) is 17.5. The van der Waals surface area contributed by atoms with Crippen molar-refractivity contribution in [3.8, 4) is 0 Å². The number of carbonyl (C=O) groups is 6. The van der Waals surface area contributed by atoms with Gasteiger partial charge >= 0.3 is 61.9 Å². The van der Waals surface area contributed by atoms with E-state index in [2.05, 4.69) is 22.9 Å². The molecule has 8 amide bonds. The van der Waals surface area contributed by atoms with E-state index in [4.69, 9.17) is 0 Å². The van der Waals surface area contributed by atoms with E-state index < -0.39 is 48.4 Å². The fraction of sp³-hybridized carbons (Fsp3) is 0.250. The molecule has 0 saturated heterocycles. The number of nitrogens with one attached hydrogen (secondary N) is 4. The number of rotatable bonds is 6. The topological polar surface area (TPSA) is 301 Å². The van der Waals surface area contributed by atoms with Gasteiger partial charge in [-0.1, -0.05) is 0 Å². The summed E-state index contributed by atoms with van der Waals surface area (Å²) in [4.78, 5) is 60.7. The van der Waals surface area contributed by atoms with Crippen molar-refractivity contribution in [2.24, 2.45) is 22.9 Å². The van der Waals surface area contributed by atoms with Crippen molar-refractivity contribution in [2.45, 2.75) is 12.3 Å². The van der Waals surface area contributed by atoms with Crippen molar-refractivity contribution in [1.82, 2.24) is 21.3 Å². The third-order valence-electron chi connectivity index (χ3n) is 1.62. The van der Waals surface area contributed by atoms with E-state index in [0.29, 0.717) is 0 Å². The van der Waals surface area contributed by atoms with Crippen LogP contribution in [0.4, 0.5) is 19.2 Å². The van der Waals surface area contributed by atoms with E-state index in [-0.39, 0.29) is 37.7 Å². The van der Waals surface area contributed by atoms with E-state index in [1.165, 1.54) is 0 Å². The van der Waals surface area contributed by atoms with E-state index in [9.17, 15) is 39.0 Å². The molecule has 0 radical (unpaired) electrons. The molecule has 0 fully saturated rings. The minimum absolute atomic E-state index is 0. The Hall–Kier alpha value is -2.72. The van der Waals surface area contributed by atoms with E-state index in [1.807, 2.05) is 0 Å². The number of hydrogen-bond acceptors (Lipinski definition) is 8. The molecule has 0 rings (SSSR count). The molecule has 0 aromatic rings. The largest absolute Gasteiger partial charge is 2.00 e. The Morgan fingerprint density at radius 2 is 0.720 bits per heavy atom. The van der Waals surface area contributed by atoms with Gasteiger partial charge in [0.05, 0.1) is 11.9 Å². The first-order chi connectivity index (χ1) is 10.9. The summed E-state index contributed by atoms with van der Waals surface area (Å²) in [7, 11) is 0. The second-order valence-corrected chi connectivity index (χ2v) is 3.54. The van der Waals surface area contributed by atoms with Gasteiger partial charge in [0, 0.05) is 0 Å². The summed E-state index contributed by atoms with van der Waals surface area (Å²) in [5, 5.41) is 26.9. The van der Waals surface area contributed by atoms with E-state index in [0.717, 1.165) is 0 Å². The van der Waals surface area contributed by atoms with Gasteiger partial charge < -0.3 is 64.0 Å². The SMILES string of the molecule is NC(=O)NC(NC(N)=O)C(=O)[O-].NC(=O)NC(NC(N)=O)C(=O)[O-].[Ca+2]. The first-order valence-electron chi connectivity index (χ1n) is 5.52. The zero-order valence-electron chi connectivity index (χ0n) is 12.4. The molecule has 17 heteroatoms. The molecule has 0 saturated carbocycles. The van der Waals surface area contributed by atoms with Crippen molar-refractivity contribution in [2.75, 3.05) is 0 Å². The number of hydrogen-bond donors (Lipinski definition) is 8. The van der Waals surface area contributed by atoms with Gasteiger partial charge in [0.1, 0.15) is 12.3 Å². The van der Waals surface area contributed by atoms with Crippen LogP contribution in [0.2, 0.25) is 0 Å². The van der Waals surface area contributed by atoms with Crippen LogP contribution >= 0.6 is 0 Å². The maximum Gasteiger partial charge on any atom is 2.00 e. The molecule has 0 unspecified atom stereocenters. The number of nitrogens with two attached hydrogens (primary N) is 4. The smallest absolute Gasteiger partial charge is 0.546 e. The summed E-state index contributed by atoms with van der Waals surface area (Å²) in [5.41, 5.74) is 18.3. The van der Waals surface area contributed by atoms with Gasteiger partial charge in [-0.15, -0.1) is 0 Å². The molecule has 136 valence electrons. The van der Waals surface area contributed by atoms with Gasteiger partial charge in [-0.05, 0) is 0 Å². The molecule has 16 nitrogen and oxygen atoms in total. The molecular weight excluding hydrogens is 376 g/mol. The minimum atomic E-state index is -1.72. The van der Waals surface area contributed by atoms with Gasteiger partial charge in [-0.25, -0.2) is 19.2 Å². The predicted octanol–water partition coefficient (Wildman–Crippen LogP) is -7.58. The van der Waals surface area contributed by atoms with Crippen LogP contribution in [0.3, 0.4) is 0 Å². The molecule has 0 bridgehead atoms. The van der Waals surface area contributed by atoms with Crippen molar-refractivity contribution < 1.29 is 39.0 Å². The summed E-state index contributed by atoms with van der Waals surface area (Å²) in [6.07, 6.45) is -3.42. The molecule has 0 aromatic heterocycles. The maximum atomic E-state index is 10.1. The van der Waals surface area contributed by atoms with E-state index in [1.54, 1.807) is 21.3 Å².